The minimum atomic E-state index is -3.77. The van der Waals surface area contributed by atoms with Crippen LogP contribution >= 0.6 is 11.6 Å². The molecule has 0 atom stereocenters. The highest BCUT2D eigenvalue weighted by Crippen LogP contribution is 2.28. The number of anilines is 2. The van der Waals surface area contributed by atoms with Gasteiger partial charge in [0.2, 0.25) is 15.9 Å². The number of amides is 1. The highest BCUT2D eigenvalue weighted by atomic mass is 35.5. The Morgan fingerprint density at radius 3 is 2.39 bits per heavy atom. The molecule has 8 heteroatoms. The number of carbonyl (C=O) groups excluding carboxylic acids is 1. The number of hydrogen-bond donors (Lipinski definition) is 1. The molecule has 1 aliphatic heterocycles. The van der Waals surface area contributed by atoms with E-state index in [-0.39, 0.29) is 17.3 Å². The van der Waals surface area contributed by atoms with Crippen LogP contribution in [0.4, 0.5) is 11.4 Å². The predicted molar refractivity (Wildman–Crippen MR) is 112 cm³/mol. The van der Waals surface area contributed by atoms with Gasteiger partial charge in [-0.1, -0.05) is 23.7 Å². The molecule has 1 heterocycles. The van der Waals surface area contributed by atoms with E-state index in [0.29, 0.717) is 10.7 Å². The van der Waals surface area contributed by atoms with Crippen molar-refractivity contribution in [3.63, 3.8) is 0 Å². The number of likely N-dealkylation sites (N-methyl/N-ethyl adjacent to an activating group) is 1. The Morgan fingerprint density at radius 2 is 1.71 bits per heavy atom. The van der Waals surface area contributed by atoms with E-state index in [9.17, 15) is 13.2 Å². The van der Waals surface area contributed by atoms with Gasteiger partial charge < -0.3 is 10.2 Å². The zero-order valence-electron chi connectivity index (χ0n) is 15.8. The monoisotopic (exact) mass is 421 g/mol. The molecule has 1 fully saturated rings. The van der Waals surface area contributed by atoms with Crippen molar-refractivity contribution in [2.24, 2.45) is 0 Å². The summed E-state index contributed by atoms with van der Waals surface area (Å²) in [7, 11) is -2.38. The quantitative estimate of drug-likeness (QED) is 0.773. The normalized spacial score (nSPS) is 14.9. The van der Waals surface area contributed by atoms with Crippen LogP contribution in [0, 0.1) is 0 Å². The van der Waals surface area contributed by atoms with E-state index < -0.39 is 10.0 Å². The lowest BCUT2D eigenvalue weighted by molar-refractivity contribution is -0.116. The van der Waals surface area contributed by atoms with Gasteiger partial charge >= 0.3 is 0 Å². The van der Waals surface area contributed by atoms with Crippen LogP contribution in [-0.4, -0.2) is 45.3 Å². The summed E-state index contributed by atoms with van der Waals surface area (Å²) in [5.41, 5.74) is 1.67. The van der Waals surface area contributed by atoms with Gasteiger partial charge in [-0.05, 0) is 55.7 Å². The molecule has 0 bridgehead atoms. The van der Waals surface area contributed by atoms with E-state index in [1.165, 1.54) is 37.7 Å². The molecule has 3 rings (SSSR count). The number of piperidine rings is 1. The average Bonchev–Trinajstić information content (AvgIpc) is 2.69. The third-order valence-corrected chi connectivity index (χ3v) is 6.83. The van der Waals surface area contributed by atoms with Crippen LogP contribution in [0.25, 0.3) is 0 Å². The summed E-state index contributed by atoms with van der Waals surface area (Å²) in [6, 6.07) is 13.5. The predicted octanol–water partition coefficient (Wildman–Crippen LogP) is 3.59. The van der Waals surface area contributed by atoms with Crippen molar-refractivity contribution >= 4 is 38.9 Å². The first kappa shape index (κ1) is 20.6. The molecule has 0 unspecified atom stereocenters. The molecule has 28 heavy (non-hydrogen) atoms. The first-order chi connectivity index (χ1) is 13.4. The standard InChI is InChI=1S/C20H24ClN3O3S/c1-23(28(26,27)17-11-9-16(21)10-12-17)15-20(25)22-18-7-3-4-8-19(18)24-13-5-2-6-14-24/h3-4,7-12H,2,5-6,13-15H2,1H3,(H,22,25). The second-order valence-corrected chi connectivity index (χ2v) is 9.31. The van der Waals surface area contributed by atoms with Crippen molar-refractivity contribution in [1.29, 1.82) is 0 Å². The van der Waals surface area contributed by atoms with Crippen molar-refractivity contribution in [3.8, 4) is 0 Å². The maximum Gasteiger partial charge on any atom is 0.243 e. The van der Waals surface area contributed by atoms with Crippen LogP contribution < -0.4 is 10.2 Å². The van der Waals surface area contributed by atoms with E-state index in [2.05, 4.69) is 10.2 Å². The number of para-hydroxylation sites is 2. The van der Waals surface area contributed by atoms with Crippen molar-refractivity contribution in [2.45, 2.75) is 24.2 Å². The lowest BCUT2D eigenvalue weighted by Crippen LogP contribution is -2.35. The van der Waals surface area contributed by atoms with Gasteiger partial charge in [-0.3, -0.25) is 4.79 Å². The Morgan fingerprint density at radius 1 is 1.07 bits per heavy atom. The second-order valence-electron chi connectivity index (χ2n) is 6.83. The molecular weight excluding hydrogens is 398 g/mol. The molecule has 0 aromatic heterocycles. The molecule has 2 aromatic carbocycles. The van der Waals surface area contributed by atoms with E-state index >= 15 is 0 Å². The fraction of sp³-hybridized carbons (Fsp3) is 0.350. The Labute approximate surface area is 171 Å². The summed E-state index contributed by atoms with van der Waals surface area (Å²) in [4.78, 5) is 14.9. The Balaban J connectivity index is 1.69. The van der Waals surface area contributed by atoms with Crippen molar-refractivity contribution < 1.29 is 13.2 Å². The average molecular weight is 422 g/mol. The molecule has 0 aliphatic carbocycles. The number of benzene rings is 2. The first-order valence-corrected chi connectivity index (χ1v) is 11.1. The summed E-state index contributed by atoms with van der Waals surface area (Å²) in [6.45, 7) is 1.63. The van der Waals surface area contributed by atoms with Gasteiger partial charge in [0.05, 0.1) is 22.8 Å². The summed E-state index contributed by atoms with van der Waals surface area (Å²) >= 11 is 5.82. The highest BCUT2D eigenvalue weighted by Gasteiger charge is 2.23. The van der Waals surface area contributed by atoms with Crippen molar-refractivity contribution in [3.05, 3.63) is 53.6 Å². The molecule has 1 aliphatic rings. The lowest BCUT2D eigenvalue weighted by Gasteiger charge is -2.30. The number of carbonyl (C=O) groups is 1. The van der Waals surface area contributed by atoms with Gasteiger partial charge in [0.15, 0.2) is 0 Å². The zero-order valence-corrected chi connectivity index (χ0v) is 17.3. The van der Waals surface area contributed by atoms with Gasteiger partial charge in [-0.25, -0.2) is 8.42 Å². The number of hydrogen-bond acceptors (Lipinski definition) is 4. The van der Waals surface area contributed by atoms with Crippen molar-refractivity contribution in [2.75, 3.05) is 36.9 Å². The third-order valence-electron chi connectivity index (χ3n) is 4.76. The fourth-order valence-electron chi connectivity index (χ4n) is 3.25. The molecule has 2 aromatic rings. The van der Waals surface area contributed by atoms with E-state index in [0.717, 1.165) is 35.9 Å². The maximum atomic E-state index is 12.6. The SMILES string of the molecule is CN(CC(=O)Nc1ccccc1N1CCCCC1)S(=O)(=O)c1ccc(Cl)cc1. The minimum absolute atomic E-state index is 0.0981. The molecule has 6 nitrogen and oxygen atoms in total. The van der Waals surface area contributed by atoms with Gasteiger partial charge in [0, 0.05) is 25.2 Å². The molecule has 0 saturated carbocycles. The van der Waals surface area contributed by atoms with Crippen LogP contribution in [0.1, 0.15) is 19.3 Å². The molecule has 1 amide bonds. The summed E-state index contributed by atoms with van der Waals surface area (Å²) < 4.78 is 26.3. The third kappa shape index (κ3) is 4.84. The zero-order chi connectivity index (χ0) is 20.1. The second kappa shape index (κ2) is 8.94. The van der Waals surface area contributed by atoms with Gasteiger partial charge in [-0.2, -0.15) is 4.31 Å². The molecule has 150 valence electrons. The van der Waals surface area contributed by atoms with Gasteiger partial charge in [0.1, 0.15) is 0 Å². The maximum absolute atomic E-state index is 12.6. The Bertz CT molecular complexity index is 926. The van der Waals surface area contributed by atoms with Crippen LogP contribution in [0.5, 0.6) is 0 Å². The highest BCUT2D eigenvalue weighted by molar-refractivity contribution is 7.89. The molecule has 1 saturated heterocycles. The largest absolute Gasteiger partial charge is 0.370 e. The fourth-order valence-corrected chi connectivity index (χ4v) is 4.51. The van der Waals surface area contributed by atoms with Gasteiger partial charge in [-0.15, -0.1) is 0 Å². The Kier molecular flexibility index (Phi) is 6.59. The lowest BCUT2D eigenvalue weighted by atomic mass is 10.1. The number of nitrogens with zero attached hydrogens (tertiary/aromatic N) is 2. The summed E-state index contributed by atoms with van der Waals surface area (Å²) in [5, 5.41) is 3.32. The van der Waals surface area contributed by atoms with Gasteiger partial charge in [0.25, 0.3) is 0 Å². The van der Waals surface area contributed by atoms with Crippen LogP contribution in [-0.2, 0) is 14.8 Å². The van der Waals surface area contributed by atoms with E-state index in [1.54, 1.807) is 0 Å². The van der Waals surface area contributed by atoms with E-state index in [1.807, 2.05) is 24.3 Å². The smallest absolute Gasteiger partial charge is 0.243 e. The van der Waals surface area contributed by atoms with Crippen LogP contribution in [0.3, 0.4) is 0 Å². The topological polar surface area (TPSA) is 69.7 Å². The summed E-state index contributed by atoms with van der Waals surface area (Å²) in [6.07, 6.45) is 3.48. The van der Waals surface area contributed by atoms with Crippen molar-refractivity contribution in [1.82, 2.24) is 4.31 Å². The van der Waals surface area contributed by atoms with Crippen LogP contribution in [0.15, 0.2) is 53.4 Å². The molecule has 0 radical (unpaired) electrons. The molecular formula is C20H24ClN3O3S. The molecule has 1 N–H and O–H groups in total. The van der Waals surface area contributed by atoms with E-state index in [4.69, 9.17) is 11.6 Å². The first-order valence-electron chi connectivity index (χ1n) is 9.23. The minimum Gasteiger partial charge on any atom is -0.370 e. The number of rotatable bonds is 6. The number of sulfonamides is 1. The Hall–Kier alpha value is -2.09. The van der Waals surface area contributed by atoms with Crippen LogP contribution in [0.2, 0.25) is 5.02 Å². The number of halogens is 1. The molecule has 0 spiro atoms. The summed E-state index contributed by atoms with van der Waals surface area (Å²) in [5.74, 6) is -0.385. The number of nitrogens with one attached hydrogen (secondary N) is 1.